The highest BCUT2D eigenvalue weighted by Crippen LogP contribution is 2.23. The first kappa shape index (κ1) is 10.4. The van der Waals surface area contributed by atoms with Gasteiger partial charge in [-0.3, -0.25) is 0 Å². The van der Waals surface area contributed by atoms with E-state index in [0.717, 1.165) is 23.3 Å². The van der Waals surface area contributed by atoms with Gasteiger partial charge in [0.05, 0.1) is 7.11 Å². The monoisotopic (exact) mass is 191 g/mol. The van der Waals surface area contributed by atoms with Gasteiger partial charge in [-0.25, -0.2) is 0 Å². The second kappa shape index (κ2) is 5.14. The fraction of sp³-hybridized carbons (Fsp3) is 0.400. The van der Waals surface area contributed by atoms with Crippen molar-refractivity contribution in [1.82, 2.24) is 0 Å². The Bertz CT molecular complexity index is 356. The van der Waals surface area contributed by atoms with Crippen molar-refractivity contribution in [3.63, 3.8) is 0 Å². The van der Waals surface area contributed by atoms with E-state index < -0.39 is 0 Å². The zero-order chi connectivity index (χ0) is 10.4. The van der Waals surface area contributed by atoms with Crippen LogP contribution in [0.1, 0.15) is 11.1 Å². The molecule has 0 N–H and O–H groups in total. The highest BCUT2D eigenvalue weighted by molar-refractivity contribution is 5.40. The summed E-state index contributed by atoms with van der Waals surface area (Å²) >= 11 is 0. The average Bonchev–Trinajstić information content (AvgIpc) is 2.18. The van der Waals surface area contributed by atoms with Gasteiger partial charge in [-0.1, -0.05) is 23.3 Å². The summed E-state index contributed by atoms with van der Waals surface area (Å²) in [5.74, 6) is 0.889. The molecular weight excluding hydrogens is 178 g/mol. The summed E-state index contributed by atoms with van der Waals surface area (Å²) in [6.07, 6.45) is 0.717. The van der Waals surface area contributed by atoms with Gasteiger partial charge in [0.25, 0.3) is 0 Å². The lowest BCUT2D eigenvalue weighted by Gasteiger charge is -2.09. The van der Waals surface area contributed by atoms with Crippen LogP contribution in [-0.4, -0.2) is 13.7 Å². The van der Waals surface area contributed by atoms with Crippen molar-refractivity contribution in [2.75, 3.05) is 13.7 Å². The smallest absolute Gasteiger partial charge is 0.124 e. The summed E-state index contributed by atoms with van der Waals surface area (Å²) in [4.78, 5) is 2.71. The van der Waals surface area contributed by atoms with E-state index in [1.54, 1.807) is 7.11 Å². The van der Waals surface area contributed by atoms with Gasteiger partial charge < -0.3 is 4.74 Å². The number of rotatable bonds is 4. The molecule has 0 saturated heterocycles. The molecule has 0 bridgehead atoms. The van der Waals surface area contributed by atoms with E-state index in [1.807, 2.05) is 25.1 Å². The molecule has 0 aliphatic rings. The van der Waals surface area contributed by atoms with E-state index in [0.29, 0.717) is 6.54 Å². The van der Waals surface area contributed by atoms with Crippen LogP contribution in [0.3, 0.4) is 0 Å². The summed E-state index contributed by atoms with van der Waals surface area (Å²) in [5.41, 5.74) is 10.3. The fourth-order valence-electron chi connectivity index (χ4n) is 1.42. The summed E-state index contributed by atoms with van der Waals surface area (Å²) < 4.78 is 5.27. The fourth-order valence-corrected chi connectivity index (χ4v) is 1.42. The maximum Gasteiger partial charge on any atom is 0.124 e. The standard InChI is InChI=1S/C10H13N3O/c1-8-4-3-5-9(10(8)14-2)6-7-12-13-11/h3-5H,6-7H2,1-2H3. The number of benzene rings is 1. The minimum Gasteiger partial charge on any atom is -0.496 e. The number of ether oxygens (including phenoxy) is 1. The first-order valence-electron chi connectivity index (χ1n) is 4.43. The minimum atomic E-state index is 0.469. The number of methoxy groups -OCH3 is 1. The third-order valence-electron chi connectivity index (χ3n) is 2.04. The highest BCUT2D eigenvalue weighted by Gasteiger charge is 2.03. The number of azide groups is 1. The molecule has 0 unspecified atom stereocenters. The van der Waals surface area contributed by atoms with E-state index in [2.05, 4.69) is 10.0 Å². The Morgan fingerprint density at radius 3 is 2.93 bits per heavy atom. The van der Waals surface area contributed by atoms with Crippen LogP contribution < -0.4 is 4.74 Å². The molecule has 0 amide bonds. The molecule has 0 aliphatic heterocycles. The van der Waals surface area contributed by atoms with Crippen LogP contribution in [0.4, 0.5) is 0 Å². The quantitative estimate of drug-likeness (QED) is 0.410. The molecule has 1 rings (SSSR count). The Morgan fingerprint density at radius 1 is 1.50 bits per heavy atom. The molecule has 0 aromatic heterocycles. The van der Waals surface area contributed by atoms with Gasteiger partial charge in [-0.2, -0.15) is 0 Å². The van der Waals surface area contributed by atoms with E-state index in [-0.39, 0.29) is 0 Å². The lowest BCUT2D eigenvalue weighted by atomic mass is 10.1. The lowest BCUT2D eigenvalue weighted by molar-refractivity contribution is 0.406. The molecule has 0 aliphatic carbocycles. The molecule has 0 atom stereocenters. The molecule has 4 nitrogen and oxygen atoms in total. The molecule has 0 fully saturated rings. The number of para-hydroxylation sites is 1. The van der Waals surface area contributed by atoms with Crippen LogP contribution in [0.15, 0.2) is 23.3 Å². The van der Waals surface area contributed by atoms with E-state index in [9.17, 15) is 0 Å². The van der Waals surface area contributed by atoms with Crippen molar-refractivity contribution in [3.8, 4) is 5.75 Å². The van der Waals surface area contributed by atoms with Gasteiger partial charge in [0.15, 0.2) is 0 Å². The summed E-state index contributed by atoms with van der Waals surface area (Å²) in [6, 6.07) is 5.96. The van der Waals surface area contributed by atoms with Gasteiger partial charge >= 0.3 is 0 Å². The van der Waals surface area contributed by atoms with E-state index in [1.165, 1.54) is 0 Å². The second-order valence-electron chi connectivity index (χ2n) is 2.97. The maximum absolute atomic E-state index is 8.15. The topological polar surface area (TPSA) is 58.0 Å². The molecular formula is C10H13N3O. The summed E-state index contributed by atoms with van der Waals surface area (Å²) in [5, 5.41) is 3.50. The maximum atomic E-state index is 8.15. The summed E-state index contributed by atoms with van der Waals surface area (Å²) in [6.45, 7) is 2.46. The number of nitrogens with zero attached hydrogens (tertiary/aromatic N) is 3. The third kappa shape index (κ3) is 2.41. The molecule has 0 saturated carbocycles. The molecule has 0 spiro atoms. The lowest BCUT2D eigenvalue weighted by Crippen LogP contribution is -1.96. The predicted molar refractivity (Wildman–Crippen MR) is 55.4 cm³/mol. The van der Waals surface area contributed by atoms with Crippen LogP contribution in [0, 0.1) is 6.92 Å². The number of hydrogen-bond donors (Lipinski definition) is 0. The normalized spacial score (nSPS) is 9.29. The first-order chi connectivity index (χ1) is 6.79. The molecule has 4 heteroatoms. The summed E-state index contributed by atoms with van der Waals surface area (Å²) in [7, 11) is 1.65. The van der Waals surface area contributed by atoms with Crippen molar-refractivity contribution in [2.45, 2.75) is 13.3 Å². The Morgan fingerprint density at radius 2 is 2.29 bits per heavy atom. The molecule has 74 valence electrons. The van der Waals surface area contributed by atoms with Gasteiger partial charge in [0.2, 0.25) is 0 Å². The zero-order valence-electron chi connectivity index (χ0n) is 8.40. The Kier molecular flexibility index (Phi) is 3.83. The number of aryl methyl sites for hydroxylation is 1. The van der Waals surface area contributed by atoms with Gasteiger partial charge in [0, 0.05) is 11.5 Å². The van der Waals surface area contributed by atoms with Gasteiger partial charge in [0.1, 0.15) is 5.75 Å². The Hall–Kier alpha value is -1.67. The molecule has 0 radical (unpaired) electrons. The minimum absolute atomic E-state index is 0.469. The van der Waals surface area contributed by atoms with E-state index in [4.69, 9.17) is 10.3 Å². The zero-order valence-corrected chi connectivity index (χ0v) is 8.40. The molecule has 1 aromatic rings. The third-order valence-corrected chi connectivity index (χ3v) is 2.04. The molecule has 0 heterocycles. The Balaban J connectivity index is 2.84. The predicted octanol–water partition coefficient (Wildman–Crippen LogP) is 2.86. The number of hydrogen-bond acceptors (Lipinski definition) is 2. The molecule has 1 aromatic carbocycles. The van der Waals surface area contributed by atoms with Gasteiger partial charge in [-0.05, 0) is 30.0 Å². The van der Waals surface area contributed by atoms with Crippen LogP contribution in [0.5, 0.6) is 5.75 Å². The van der Waals surface area contributed by atoms with Crippen molar-refractivity contribution in [1.29, 1.82) is 0 Å². The average molecular weight is 191 g/mol. The van der Waals surface area contributed by atoms with Crippen LogP contribution in [0.2, 0.25) is 0 Å². The SMILES string of the molecule is COc1c(C)cccc1CCN=[N+]=[N-]. The largest absolute Gasteiger partial charge is 0.496 e. The van der Waals surface area contributed by atoms with Crippen molar-refractivity contribution in [3.05, 3.63) is 39.8 Å². The Labute approximate surface area is 83.1 Å². The van der Waals surface area contributed by atoms with Crippen LogP contribution in [-0.2, 0) is 6.42 Å². The van der Waals surface area contributed by atoms with Gasteiger partial charge in [-0.15, -0.1) is 0 Å². The van der Waals surface area contributed by atoms with Crippen molar-refractivity contribution < 1.29 is 4.74 Å². The van der Waals surface area contributed by atoms with Crippen molar-refractivity contribution in [2.24, 2.45) is 5.11 Å². The van der Waals surface area contributed by atoms with E-state index >= 15 is 0 Å². The van der Waals surface area contributed by atoms with Crippen molar-refractivity contribution >= 4 is 0 Å². The first-order valence-corrected chi connectivity index (χ1v) is 4.43. The second-order valence-corrected chi connectivity index (χ2v) is 2.97. The van der Waals surface area contributed by atoms with Crippen LogP contribution >= 0.6 is 0 Å². The molecule has 14 heavy (non-hydrogen) atoms. The highest BCUT2D eigenvalue weighted by atomic mass is 16.5. The van der Waals surface area contributed by atoms with Crippen LogP contribution in [0.25, 0.3) is 10.4 Å².